The fourth-order valence-corrected chi connectivity index (χ4v) is 2.27. The van der Waals surface area contributed by atoms with E-state index in [1.54, 1.807) is 0 Å². The van der Waals surface area contributed by atoms with Crippen molar-refractivity contribution in [1.82, 2.24) is 10.2 Å². The van der Waals surface area contributed by atoms with E-state index in [1.165, 1.54) is 12.8 Å². The van der Waals surface area contributed by atoms with Crippen LogP contribution in [0, 0.1) is 5.92 Å². The third-order valence-electron chi connectivity index (χ3n) is 3.96. The van der Waals surface area contributed by atoms with Crippen LogP contribution in [0.15, 0.2) is 0 Å². The lowest BCUT2D eigenvalue weighted by Gasteiger charge is -2.36. The highest BCUT2D eigenvalue weighted by Gasteiger charge is 2.28. The zero-order valence-corrected chi connectivity index (χ0v) is 12.0. The number of hydrogen-bond donors (Lipinski definition) is 1. The molecule has 1 fully saturated rings. The predicted molar refractivity (Wildman–Crippen MR) is 71.9 cm³/mol. The molecule has 100 valence electrons. The molecule has 0 spiro atoms. The SMILES string of the molecule is CCC(C)(C)NC(=O)C(C)N1CCCC(C)C1. The zero-order chi connectivity index (χ0) is 13.1. The molecule has 1 rings (SSSR count). The van der Waals surface area contributed by atoms with Crippen LogP contribution in [-0.4, -0.2) is 35.5 Å². The first kappa shape index (κ1) is 14.5. The van der Waals surface area contributed by atoms with Crippen LogP contribution < -0.4 is 5.32 Å². The molecule has 17 heavy (non-hydrogen) atoms. The van der Waals surface area contributed by atoms with E-state index in [0.29, 0.717) is 0 Å². The van der Waals surface area contributed by atoms with Crippen molar-refractivity contribution in [3.05, 3.63) is 0 Å². The second-order valence-corrected chi connectivity index (χ2v) is 6.14. The highest BCUT2D eigenvalue weighted by Crippen LogP contribution is 2.18. The van der Waals surface area contributed by atoms with Gasteiger partial charge >= 0.3 is 0 Å². The summed E-state index contributed by atoms with van der Waals surface area (Å²) < 4.78 is 0. The molecule has 3 nitrogen and oxygen atoms in total. The first-order valence-corrected chi connectivity index (χ1v) is 6.92. The summed E-state index contributed by atoms with van der Waals surface area (Å²) in [5, 5.41) is 3.14. The van der Waals surface area contributed by atoms with Crippen LogP contribution in [0.2, 0.25) is 0 Å². The van der Waals surface area contributed by atoms with Gasteiger partial charge in [0.15, 0.2) is 0 Å². The van der Waals surface area contributed by atoms with Gasteiger partial charge in [-0.25, -0.2) is 0 Å². The maximum Gasteiger partial charge on any atom is 0.237 e. The van der Waals surface area contributed by atoms with Crippen molar-refractivity contribution >= 4 is 5.91 Å². The van der Waals surface area contributed by atoms with Gasteiger partial charge in [0.05, 0.1) is 6.04 Å². The van der Waals surface area contributed by atoms with Crippen LogP contribution in [0.1, 0.15) is 53.9 Å². The Labute approximate surface area is 106 Å². The molecule has 1 heterocycles. The molecule has 0 saturated carbocycles. The number of nitrogens with one attached hydrogen (secondary N) is 1. The van der Waals surface area contributed by atoms with Gasteiger partial charge in [0.2, 0.25) is 5.91 Å². The number of nitrogens with zero attached hydrogens (tertiary/aromatic N) is 1. The average Bonchev–Trinajstić information content (AvgIpc) is 2.27. The molecular formula is C14H28N2O. The molecule has 1 N–H and O–H groups in total. The molecule has 0 aromatic heterocycles. The van der Waals surface area contributed by atoms with Crippen molar-refractivity contribution in [3.8, 4) is 0 Å². The molecule has 2 atom stereocenters. The maximum absolute atomic E-state index is 12.2. The topological polar surface area (TPSA) is 32.3 Å². The van der Waals surface area contributed by atoms with Crippen LogP contribution >= 0.6 is 0 Å². The van der Waals surface area contributed by atoms with E-state index < -0.39 is 0 Å². The van der Waals surface area contributed by atoms with Gasteiger partial charge in [-0.3, -0.25) is 9.69 Å². The standard InChI is InChI=1S/C14H28N2O/c1-6-14(4,5)15-13(17)12(3)16-9-7-8-11(2)10-16/h11-12H,6-10H2,1-5H3,(H,15,17). The van der Waals surface area contributed by atoms with Gasteiger partial charge in [0.25, 0.3) is 0 Å². The summed E-state index contributed by atoms with van der Waals surface area (Å²) in [7, 11) is 0. The van der Waals surface area contributed by atoms with Gasteiger partial charge in [0.1, 0.15) is 0 Å². The Morgan fingerprint density at radius 3 is 2.71 bits per heavy atom. The van der Waals surface area contributed by atoms with Crippen molar-refractivity contribution < 1.29 is 4.79 Å². The Morgan fingerprint density at radius 2 is 2.18 bits per heavy atom. The molecule has 1 saturated heterocycles. The summed E-state index contributed by atoms with van der Waals surface area (Å²) in [6.07, 6.45) is 3.48. The highest BCUT2D eigenvalue weighted by molar-refractivity contribution is 5.82. The Bertz CT molecular complexity index is 263. The molecule has 2 unspecified atom stereocenters. The molecular weight excluding hydrogens is 212 g/mol. The number of piperidine rings is 1. The number of carbonyl (C=O) groups excluding carboxylic acids is 1. The molecule has 1 aliphatic heterocycles. The van der Waals surface area contributed by atoms with Crippen molar-refractivity contribution in [3.63, 3.8) is 0 Å². The van der Waals surface area contributed by atoms with Gasteiger partial charge in [-0.05, 0) is 52.5 Å². The van der Waals surface area contributed by atoms with E-state index in [0.717, 1.165) is 25.4 Å². The average molecular weight is 240 g/mol. The van der Waals surface area contributed by atoms with E-state index in [9.17, 15) is 4.79 Å². The lowest BCUT2D eigenvalue weighted by molar-refractivity contribution is -0.128. The van der Waals surface area contributed by atoms with Gasteiger partial charge in [-0.1, -0.05) is 13.8 Å². The highest BCUT2D eigenvalue weighted by atomic mass is 16.2. The van der Waals surface area contributed by atoms with Crippen molar-refractivity contribution in [2.75, 3.05) is 13.1 Å². The van der Waals surface area contributed by atoms with Crippen LogP contribution in [0.3, 0.4) is 0 Å². The minimum Gasteiger partial charge on any atom is -0.350 e. The predicted octanol–water partition coefficient (Wildman–Crippen LogP) is 2.41. The van der Waals surface area contributed by atoms with Crippen LogP contribution in [0.5, 0.6) is 0 Å². The van der Waals surface area contributed by atoms with E-state index in [1.807, 2.05) is 6.92 Å². The normalized spacial score (nSPS) is 24.4. The van der Waals surface area contributed by atoms with Crippen LogP contribution in [-0.2, 0) is 4.79 Å². The van der Waals surface area contributed by atoms with E-state index in [-0.39, 0.29) is 17.5 Å². The summed E-state index contributed by atoms with van der Waals surface area (Å²) in [5.74, 6) is 0.893. The lowest BCUT2D eigenvalue weighted by Crippen LogP contribution is -2.53. The fourth-order valence-electron chi connectivity index (χ4n) is 2.27. The fraction of sp³-hybridized carbons (Fsp3) is 0.929. The summed E-state index contributed by atoms with van der Waals surface area (Å²) in [5.41, 5.74) is -0.0905. The van der Waals surface area contributed by atoms with Crippen molar-refractivity contribution in [2.45, 2.75) is 65.5 Å². The minimum atomic E-state index is -0.0905. The Hall–Kier alpha value is -0.570. The van der Waals surface area contributed by atoms with E-state index in [2.05, 4.69) is 37.9 Å². The molecule has 0 bridgehead atoms. The van der Waals surface area contributed by atoms with Crippen LogP contribution in [0.25, 0.3) is 0 Å². The molecule has 1 amide bonds. The van der Waals surface area contributed by atoms with E-state index in [4.69, 9.17) is 0 Å². The third kappa shape index (κ3) is 4.30. The van der Waals surface area contributed by atoms with E-state index >= 15 is 0 Å². The largest absolute Gasteiger partial charge is 0.350 e. The Morgan fingerprint density at radius 1 is 1.53 bits per heavy atom. The van der Waals surface area contributed by atoms with Crippen molar-refractivity contribution in [2.24, 2.45) is 5.92 Å². The maximum atomic E-state index is 12.2. The number of rotatable bonds is 4. The monoisotopic (exact) mass is 240 g/mol. The molecule has 0 radical (unpaired) electrons. The summed E-state index contributed by atoms with van der Waals surface area (Å²) in [6.45, 7) is 12.7. The second kappa shape index (κ2) is 5.85. The van der Waals surface area contributed by atoms with Crippen molar-refractivity contribution in [1.29, 1.82) is 0 Å². The van der Waals surface area contributed by atoms with Gasteiger partial charge in [-0.15, -0.1) is 0 Å². The lowest BCUT2D eigenvalue weighted by atomic mass is 9.98. The Balaban J connectivity index is 2.51. The smallest absolute Gasteiger partial charge is 0.237 e. The molecule has 3 heteroatoms. The summed E-state index contributed by atoms with van der Waals surface area (Å²) in [6, 6.07) is 0.00331. The first-order chi connectivity index (χ1) is 7.85. The molecule has 0 aromatic carbocycles. The number of amides is 1. The summed E-state index contributed by atoms with van der Waals surface area (Å²) in [4.78, 5) is 14.5. The molecule has 0 aromatic rings. The number of hydrogen-bond acceptors (Lipinski definition) is 2. The van der Waals surface area contributed by atoms with Gasteiger partial charge in [0, 0.05) is 12.1 Å². The molecule has 0 aliphatic carbocycles. The van der Waals surface area contributed by atoms with Crippen LogP contribution in [0.4, 0.5) is 0 Å². The second-order valence-electron chi connectivity index (χ2n) is 6.14. The number of carbonyl (C=O) groups is 1. The number of likely N-dealkylation sites (tertiary alicyclic amines) is 1. The summed E-state index contributed by atoms with van der Waals surface area (Å²) >= 11 is 0. The zero-order valence-electron chi connectivity index (χ0n) is 12.0. The first-order valence-electron chi connectivity index (χ1n) is 6.92. The van der Waals surface area contributed by atoms with Gasteiger partial charge in [-0.2, -0.15) is 0 Å². The minimum absolute atomic E-state index is 0.00331. The quantitative estimate of drug-likeness (QED) is 0.818. The molecule has 1 aliphatic rings. The van der Waals surface area contributed by atoms with Gasteiger partial charge < -0.3 is 5.32 Å². The Kier molecular flexibility index (Phi) is 4.99. The third-order valence-corrected chi connectivity index (χ3v) is 3.96.